The Morgan fingerprint density at radius 2 is 1.89 bits per heavy atom. The van der Waals surface area contributed by atoms with Crippen LogP contribution in [0.15, 0.2) is 32.2 Å². The summed E-state index contributed by atoms with van der Waals surface area (Å²) in [5.74, 6) is 0.734. The first-order chi connectivity index (χ1) is 16.5. The molecule has 1 aromatic rings. The Bertz CT molecular complexity index is 1110. The smallest absolute Gasteiger partial charge is 0.354 e. The Morgan fingerprint density at radius 1 is 1.20 bits per heavy atom. The van der Waals surface area contributed by atoms with Gasteiger partial charge in [0.05, 0.1) is 23.7 Å². The van der Waals surface area contributed by atoms with Crippen molar-refractivity contribution in [2.45, 2.75) is 91.8 Å². The van der Waals surface area contributed by atoms with Crippen LogP contribution in [0.3, 0.4) is 0 Å². The molecule has 0 unspecified atom stereocenters. The number of anilines is 1. The van der Waals surface area contributed by atoms with Gasteiger partial charge in [-0.1, -0.05) is 30.9 Å². The van der Waals surface area contributed by atoms with Crippen LogP contribution < -0.4 is 16.7 Å². The van der Waals surface area contributed by atoms with Crippen molar-refractivity contribution >= 4 is 23.5 Å². The highest BCUT2D eigenvalue weighted by atomic mass is 35.5. The minimum atomic E-state index is -1.06. The van der Waals surface area contributed by atoms with Gasteiger partial charge in [0.2, 0.25) is 5.95 Å². The van der Waals surface area contributed by atoms with Crippen molar-refractivity contribution in [3.63, 3.8) is 0 Å². The van der Waals surface area contributed by atoms with E-state index in [1.54, 1.807) is 19.9 Å². The normalized spacial score (nSPS) is 17.4. The minimum Gasteiger partial charge on any atom is -0.494 e. The van der Waals surface area contributed by atoms with Crippen molar-refractivity contribution in [2.75, 3.05) is 12.4 Å². The van der Waals surface area contributed by atoms with Crippen molar-refractivity contribution in [3.05, 3.63) is 43.5 Å². The van der Waals surface area contributed by atoms with Crippen molar-refractivity contribution in [1.29, 1.82) is 0 Å². The number of carbonyl (C=O) groups excluding carboxylic acids is 1. The summed E-state index contributed by atoms with van der Waals surface area (Å²) >= 11 is 6.43. The lowest BCUT2D eigenvalue weighted by Crippen LogP contribution is -2.47. The molecule has 2 aliphatic rings. The molecule has 0 radical (unpaired) electrons. The third-order valence-electron chi connectivity index (χ3n) is 6.45. The molecule has 0 aromatic carbocycles. The number of hydrogen-bond acceptors (Lipinski definition) is 7. The van der Waals surface area contributed by atoms with E-state index in [2.05, 4.69) is 10.3 Å². The number of rotatable bonds is 9. The van der Waals surface area contributed by atoms with E-state index in [-0.39, 0.29) is 18.6 Å². The molecule has 1 aromatic heterocycles. The zero-order chi connectivity index (χ0) is 25.8. The molecule has 0 aliphatic heterocycles. The first-order valence-electron chi connectivity index (χ1n) is 12.3. The van der Waals surface area contributed by atoms with Gasteiger partial charge in [-0.05, 0) is 59.0 Å². The number of hydrogen-bond donors (Lipinski definition) is 1. The number of ether oxygens (including phenoxy) is 2. The van der Waals surface area contributed by atoms with Gasteiger partial charge in [-0.25, -0.2) is 14.2 Å². The van der Waals surface area contributed by atoms with Gasteiger partial charge in [0.15, 0.2) is 0 Å². The molecule has 0 bridgehead atoms. The summed E-state index contributed by atoms with van der Waals surface area (Å²) in [6, 6.07) is 0. The van der Waals surface area contributed by atoms with E-state index >= 15 is 0 Å². The quantitative estimate of drug-likeness (QED) is 0.499. The highest BCUT2D eigenvalue weighted by molar-refractivity contribution is 6.31. The summed E-state index contributed by atoms with van der Waals surface area (Å²) in [5.41, 5.74) is -1.51. The van der Waals surface area contributed by atoms with Crippen LogP contribution in [-0.2, 0) is 27.4 Å². The van der Waals surface area contributed by atoms with Crippen LogP contribution in [0.5, 0.6) is 0 Å². The largest absolute Gasteiger partial charge is 0.494 e. The van der Waals surface area contributed by atoms with Gasteiger partial charge >= 0.3 is 17.3 Å². The summed E-state index contributed by atoms with van der Waals surface area (Å²) < 4.78 is 13.2. The highest BCUT2D eigenvalue weighted by Gasteiger charge is 2.32. The summed E-state index contributed by atoms with van der Waals surface area (Å²) in [4.78, 5) is 42.9. The first kappa shape index (κ1) is 27.0. The second kappa shape index (κ2) is 11.5. The molecule has 0 atom stereocenters. The molecule has 9 nitrogen and oxygen atoms in total. The van der Waals surface area contributed by atoms with E-state index in [4.69, 9.17) is 21.1 Å². The van der Waals surface area contributed by atoms with Crippen LogP contribution in [0, 0.1) is 11.3 Å². The van der Waals surface area contributed by atoms with Gasteiger partial charge in [0.25, 0.3) is 0 Å². The van der Waals surface area contributed by atoms with Crippen LogP contribution >= 0.6 is 11.6 Å². The molecule has 0 saturated heterocycles. The zero-order valence-electron chi connectivity index (χ0n) is 21.4. The average Bonchev–Trinajstić information content (AvgIpc) is 2.81. The Labute approximate surface area is 211 Å². The molecule has 1 heterocycles. The van der Waals surface area contributed by atoms with Crippen molar-refractivity contribution in [1.82, 2.24) is 14.1 Å². The molecule has 0 spiro atoms. The molecule has 0 amide bonds. The fraction of sp³-hybridized carbons (Fsp3) is 0.680. The molecular formula is C25H37ClN4O5. The molecule has 3 rings (SSSR count). The molecule has 10 heteroatoms. The predicted octanol–water partition coefficient (Wildman–Crippen LogP) is 4.15. The fourth-order valence-corrected chi connectivity index (χ4v) is 4.87. The Hall–Kier alpha value is -2.55. The Balaban J connectivity index is 1.99. The van der Waals surface area contributed by atoms with Crippen LogP contribution in [0.25, 0.3) is 0 Å². The number of methoxy groups -OCH3 is 1. The molecule has 1 fully saturated rings. The lowest BCUT2D eigenvalue weighted by Gasteiger charge is -2.26. The predicted molar refractivity (Wildman–Crippen MR) is 135 cm³/mol. The summed E-state index contributed by atoms with van der Waals surface area (Å²) in [5, 5.41) is 3.67. The lowest BCUT2D eigenvalue weighted by atomic mass is 9.89. The van der Waals surface area contributed by atoms with E-state index in [0.717, 1.165) is 41.7 Å². The molecule has 194 valence electrons. The molecule has 1 N–H and O–H groups in total. The maximum atomic E-state index is 13.6. The Kier molecular flexibility index (Phi) is 8.85. The Morgan fingerprint density at radius 3 is 2.49 bits per heavy atom. The lowest BCUT2D eigenvalue weighted by molar-refractivity contribution is -0.151. The van der Waals surface area contributed by atoms with Gasteiger partial charge in [0.1, 0.15) is 5.76 Å². The number of esters is 1. The van der Waals surface area contributed by atoms with Crippen LogP contribution in [0.1, 0.15) is 72.6 Å². The number of allylic oxidation sites excluding steroid dienone is 4. The maximum Gasteiger partial charge on any atom is 0.354 e. The molecule has 1 saturated carbocycles. The number of carbonyl (C=O) groups is 1. The average molecular weight is 509 g/mol. The van der Waals surface area contributed by atoms with Crippen molar-refractivity contribution in [3.8, 4) is 0 Å². The van der Waals surface area contributed by atoms with Crippen LogP contribution in [-0.4, -0.2) is 33.3 Å². The molecule has 2 aliphatic carbocycles. The number of nitrogens with one attached hydrogen (secondary N) is 1. The van der Waals surface area contributed by atoms with Crippen molar-refractivity contribution < 1.29 is 14.3 Å². The van der Waals surface area contributed by atoms with Gasteiger partial charge in [-0.15, -0.1) is 0 Å². The monoisotopic (exact) mass is 508 g/mol. The second-order valence-electron chi connectivity index (χ2n) is 10.3. The third kappa shape index (κ3) is 6.78. The highest BCUT2D eigenvalue weighted by Crippen LogP contribution is 2.29. The van der Waals surface area contributed by atoms with E-state index in [0.29, 0.717) is 30.3 Å². The van der Waals surface area contributed by atoms with Gasteiger partial charge in [-0.2, -0.15) is 4.98 Å². The summed E-state index contributed by atoms with van der Waals surface area (Å²) in [6.45, 7) is 7.49. The fourth-order valence-electron chi connectivity index (χ4n) is 4.60. The second-order valence-corrected chi connectivity index (χ2v) is 10.7. The van der Waals surface area contributed by atoms with E-state index in [1.165, 1.54) is 18.1 Å². The van der Waals surface area contributed by atoms with E-state index in [1.807, 2.05) is 13.8 Å². The molecule has 35 heavy (non-hydrogen) atoms. The van der Waals surface area contributed by atoms with Gasteiger partial charge in [0, 0.05) is 25.2 Å². The first-order valence-corrected chi connectivity index (χ1v) is 12.7. The number of nitrogens with zero attached hydrogens (tertiary/aromatic N) is 3. The molecular weight excluding hydrogens is 472 g/mol. The summed E-state index contributed by atoms with van der Waals surface area (Å²) in [7, 11) is 1.29. The standard InChI is InChI=1S/C25H37ClN4O5/c1-16(2)35-20-12-11-18(13-19(20)26)27-22-28-23(32)30(15-25(3,4)21(31)34-5)24(33)29(22)14-17-9-7-6-8-10-17/h13,16-17H,6-12,14-15H2,1-5H3,(H,27,28,32). The minimum absolute atomic E-state index is 0.0193. The summed E-state index contributed by atoms with van der Waals surface area (Å²) in [6.07, 6.45) is 8.46. The SMILES string of the molecule is COC(=O)C(C)(C)Cn1c(=O)nc(NC2=CC(Cl)=C(OC(C)C)CC2)n(CC2CCCCC2)c1=O. The zero-order valence-corrected chi connectivity index (χ0v) is 22.1. The van der Waals surface area contributed by atoms with Gasteiger partial charge in [-0.3, -0.25) is 9.36 Å². The van der Waals surface area contributed by atoms with E-state index in [9.17, 15) is 14.4 Å². The topological polar surface area (TPSA) is 104 Å². The van der Waals surface area contributed by atoms with Gasteiger partial charge < -0.3 is 14.8 Å². The van der Waals surface area contributed by atoms with E-state index < -0.39 is 22.8 Å². The van der Waals surface area contributed by atoms with Crippen molar-refractivity contribution in [2.24, 2.45) is 11.3 Å². The third-order valence-corrected chi connectivity index (χ3v) is 6.77. The van der Waals surface area contributed by atoms with Crippen LogP contribution in [0.2, 0.25) is 0 Å². The maximum absolute atomic E-state index is 13.6. The number of halogens is 1. The van der Waals surface area contributed by atoms with Crippen LogP contribution in [0.4, 0.5) is 5.95 Å². The number of aromatic nitrogens is 3.